The second-order valence-corrected chi connectivity index (χ2v) is 7.55. The molecule has 0 heterocycles. The van der Waals surface area contributed by atoms with Gasteiger partial charge in [-0.05, 0) is 18.5 Å². The SMILES string of the molecule is CCNC(CC)[Si](OC)(OC)OC.NCc1ccccc1. The largest absolute Gasteiger partial charge is 0.517 e. The van der Waals surface area contributed by atoms with Crippen LogP contribution in [0.4, 0.5) is 0 Å². The van der Waals surface area contributed by atoms with Crippen LogP contribution in [0, 0.1) is 0 Å². The van der Waals surface area contributed by atoms with Crippen molar-refractivity contribution in [3.05, 3.63) is 35.9 Å². The topological polar surface area (TPSA) is 65.7 Å². The predicted molar refractivity (Wildman–Crippen MR) is 88.9 cm³/mol. The van der Waals surface area contributed by atoms with Crippen LogP contribution in [0.5, 0.6) is 0 Å². The van der Waals surface area contributed by atoms with Crippen molar-refractivity contribution >= 4 is 8.80 Å². The summed E-state index contributed by atoms with van der Waals surface area (Å²) in [6.07, 6.45) is 0.940. The molecule has 1 rings (SSSR count). The number of nitrogens with one attached hydrogen (secondary N) is 1. The lowest BCUT2D eigenvalue weighted by Crippen LogP contribution is -2.60. The molecule has 6 heteroatoms. The van der Waals surface area contributed by atoms with Crippen LogP contribution in [-0.2, 0) is 19.8 Å². The lowest BCUT2D eigenvalue weighted by Gasteiger charge is -2.32. The van der Waals surface area contributed by atoms with Crippen LogP contribution in [-0.4, -0.2) is 42.3 Å². The molecule has 0 spiro atoms. The van der Waals surface area contributed by atoms with Gasteiger partial charge in [0.05, 0.1) is 5.67 Å². The van der Waals surface area contributed by atoms with Crippen LogP contribution in [0.2, 0.25) is 0 Å². The van der Waals surface area contributed by atoms with E-state index in [0.29, 0.717) is 6.54 Å². The molecule has 0 aromatic heterocycles. The van der Waals surface area contributed by atoms with Crippen LogP contribution < -0.4 is 11.1 Å². The van der Waals surface area contributed by atoms with Gasteiger partial charge < -0.3 is 24.3 Å². The van der Waals surface area contributed by atoms with E-state index in [1.807, 2.05) is 30.3 Å². The molecule has 0 saturated heterocycles. The summed E-state index contributed by atoms with van der Waals surface area (Å²) in [5.74, 6) is 0. The quantitative estimate of drug-likeness (QED) is 0.718. The molecular formula is C15H30N2O3Si. The van der Waals surface area contributed by atoms with Gasteiger partial charge in [-0.1, -0.05) is 44.2 Å². The Bertz CT molecular complexity index is 340. The summed E-state index contributed by atoms with van der Waals surface area (Å²) in [6, 6.07) is 9.99. The number of hydrogen-bond acceptors (Lipinski definition) is 5. The molecule has 0 aliphatic carbocycles. The van der Waals surface area contributed by atoms with E-state index < -0.39 is 8.80 Å². The third kappa shape index (κ3) is 6.69. The highest BCUT2D eigenvalue weighted by Gasteiger charge is 2.45. The number of rotatable bonds is 8. The van der Waals surface area contributed by atoms with Crippen molar-refractivity contribution in [2.45, 2.75) is 32.5 Å². The van der Waals surface area contributed by atoms with Crippen molar-refractivity contribution in [2.24, 2.45) is 5.73 Å². The minimum absolute atomic E-state index is 0.178. The lowest BCUT2D eigenvalue weighted by molar-refractivity contribution is 0.106. The Hall–Kier alpha value is -0.763. The van der Waals surface area contributed by atoms with Crippen molar-refractivity contribution < 1.29 is 13.3 Å². The molecule has 1 aromatic carbocycles. The molecule has 0 bridgehead atoms. The Morgan fingerprint density at radius 2 is 1.57 bits per heavy atom. The van der Waals surface area contributed by atoms with Crippen molar-refractivity contribution in [1.29, 1.82) is 0 Å². The molecule has 0 amide bonds. The maximum absolute atomic E-state index is 5.37. The van der Waals surface area contributed by atoms with Crippen molar-refractivity contribution in [2.75, 3.05) is 27.9 Å². The van der Waals surface area contributed by atoms with Gasteiger partial charge in [-0.2, -0.15) is 0 Å². The van der Waals surface area contributed by atoms with Gasteiger partial charge in [0.25, 0.3) is 0 Å². The first-order valence-electron chi connectivity index (χ1n) is 7.26. The van der Waals surface area contributed by atoms with Crippen molar-refractivity contribution in [3.63, 3.8) is 0 Å². The summed E-state index contributed by atoms with van der Waals surface area (Å²) in [7, 11) is 2.44. The smallest absolute Gasteiger partial charge is 0.376 e. The Labute approximate surface area is 130 Å². The van der Waals surface area contributed by atoms with Crippen LogP contribution >= 0.6 is 0 Å². The molecule has 5 nitrogen and oxygen atoms in total. The zero-order valence-corrected chi connectivity index (χ0v) is 14.9. The van der Waals surface area contributed by atoms with E-state index in [1.54, 1.807) is 21.3 Å². The molecular weight excluding hydrogens is 284 g/mol. The minimum atomic E-state index is -2.48. The molecule has 0 aliphatic rings. The van der Waals surface area contributed by atoms with E-state index in [2.05, 4.69) is 19.2 Å². The first-order chi connectivity index (χ1) is 10.1. The number of hydrogen-bond donors (Lipinski definition) is 2. The van der Waals surface area contributed by atoms with Gasteiger partial charge in [0, 0.05) is 27.9 Å². The highest BCUT2D eigenvalue weighted by atomic mass is 28.4. The summed E-state index contributed by atoms with van der Waals surface area (Å²) in [5, 5.41) is 3.31. The number of nitrogens with two attached hydrogens (primary N) is 1. The summed E-state index contributed by atoms with van der Waals surface area (Å²) >= 11 is 0. The molecule has 3 N–H and O–H groups in total. The van der Waals surface area contributed by atoms with Crippen LogP contribution in [0.1, 0.15) is 25.8 Å². The monoisotopic (exact) mass is 314 g/mol. The van der Waals surface area contributed by atoms with Gasteiger partial charge in [0.2, 0.25) is 0 Å². The van der Waals surface area contributed by atoms with Gasteiger partial charge in [-0.15, -0.1) is 0 Å². The van der Waals surface area contributed by atoms with E-state index in [0.717, 1.165) is 13.0 Å². The highest BCUT2D eigenvalue weighted by molar-refractivity contribution is 6.62. The molecule has 0 saturated carbocycles. The van der Waals surface area contributed by atoms with Gasteiger partial charge in [0.15, 0.2) is 0 Å². The number of benzene rings is 1. The van der Waals surface area contributed by atoms with Gasteiger partial charge in [0.1, 0.15) is 0 Å². The summed E-state index contributed by atoms with van der Waals surface area (Å²) < 4.78 is 16.1. The Morgan fingerprint density at radius 1 is 1.05 bits per heavy atom. The van der Waals surface area contributed by atoms with E-state index in [9.17, 15) is 0 Å². The fraction of sp³-hybridized carbons (Fsp3) is 0.600. The zero-order valence-electron chi connectivity index (χ0n) is 13.9. The molecule has 0 radical (unpaired) electrons. The molecule has 1 aromatic rings. The highest BCUT2D eigenvalue weighted by Crippen LogP contribution is 2.14. The third-order valence-corrected chi connectivity index (χ3v) is 6.39. The average molecular weight is 315 g/mol. The maximum atomic E-state index is 5.37. The Kier molecular flexibility index (Phi) is 11.4. The Morgan fingerprint density at radius 3 is 1.86 bits per heavy atom. The van der Waals surface area contributed by atoms with E-state index >= 15 is 0 Å². The Balaban J connectivity index is 0.000000423. The predicted octanol–water partition coefficient (Wildman–Crippen LogP) is 1.94. The molecule has 1 unspecified atom stereocenters. The van der Waals surface area contributed by atoms with E-state index in [-0.39, 0.29) is 5.67 Å². The second kappa shape index (κ2) is 11.8. The molecule has 122 valence electrons. The zero-order chi connectivity index (χ0) is 16.1. The van der Waals surface area contributed by atoms with Crippen LogP contribution in [0.3, 0.4) is 0 Å². The van der Waals surface area contributed by atoms with Crippen molar-refractivity contribution in [1.82, 2.24) is 5.32 Å². The summed E-state index contributed by atoms with van der Waals surface area (Å²) in [6.45, 7) is 5.68. The fourth-order valence-electron chi connectivity index (χ4n) is 2.06. The van der Waals surface area contributed by atoms with E-state index in [1.165, 1.54) is 5.56 Å². The standard InChI is InChI=1S/C8H21NO3Si.C7H9N/c1-6-8(9-7-2)13(10-3,11-4)12-5;8-6-7-4-2-1-3-5-7/h8-9H,6-7H2,1-5H3;1-5H,6,8H2. The normalized spacial score (nSPS) is 12.5. The molecule has 0 aliphatic heterocycles. The minimum Gasteiger partial charge on any atom is -0.376 e. The molecule has 21 heavy (non-hydrogen) atoms. The lowest BCUT2D eigenvalue weighted by atomic mass is 10.2. The van der Waals surface area contributed by atoms with E-state index in [4.69, 9.17) is 19.0 Å². The third-order valence-electron chi connectivity index (χ3n) is 3.22. The fourth-order valence-corrected chi connectivity index (χ4v) is 4.36. The summed E-state index contributed by atoms with van der Waals surface area (Å²) in [4.78, 5) is 0. The van der Waals surface area contributed by atoms with Crippen molar-refractivity contribution in [3.8, 4) is 0 Å². The van der Waals surface area contributed by atoms with Crippen LogP contribution in [0.15, 0.2) is 30.3 Å². The second-order valence-electron chi connectivity index (χ2n) is 4.42. The van der Waals surface area contributed by atoms with Crippen LogP contribution in [0.25, 0.3) is 0 Å². The summed E-state index contributed by atoms with van der Waals surface area (Å²) in [5.41, 5.74) is 6.72. The molecule has 0 fully saturated rings. The maximum Gasteiger partial charge on any atom is 0.517 e. The van der Waals surface area contributed by atoms with Gasteiger partial charge in [-0.3, -0.25) is 0 Å². The first kappa shape index (κ1) is 20.2. The average Bonchev–Trinajstić information content (AvgIpc) is 2.57. The van der Waals surface area contributed by atoms with Gasteiger partial charge in [-0.25, -0.2) is 0 Å². The first-order valence-corrected chi connectivity index (χ1v) is 9.07. The molecule has 1 atom stereocenters. The van der Waals surface area contributed by atoms with Gasteiger partial charge >= 0.3 is 8.80 Å².